The van der Waals surface area contributed by atoms with Gasteiger partial charge in [-0.05, 0) is 23.6 Å². The molecule has 0 atom stereocenters. The van der Waals surface area contributed by atoms with Crippen LogP contribution in [0.4, 0.5) is 13.2 Å². The van der Waals surface area contributed by atoms with Gasteiger partial charge in [0, 0.05) is 5.39 Å². The molecule has 0 unspecified atom stereocenters. The molecular formula is C11H7F3O. The van der Waals surface area contributed by atoms with Gasteiger partial charge in [-0.2, -0.15) is 13.2 Å². The molecule has 0 fully saturated rings. The lowest BCUT2D eigenvalue weighted by molar-refractivity contribution is -0.137. The molecule has 2 rings (SSSR count). The lowest BCUT2D eigenvalue weighted by Gasteiger charge is -2.08. The molecule has 1 N–H and O–H groups in total. The summed E-state index contributed by atoms with van der Waals surface area (Å²) in [6.45, 7) is 0. The van der Waals surface area contributed by atoms with Gasteiger partial charge in [0.1, 0.15) is 5.75 Å². The Morgan fingerprint density at radius 1 is 1.00 bits per heavy atom. The van der Waals surface area contributed by atoms with E-state index >= 15 is 0 Å². The second-order valence-electron chi connectivity index (χ2n) is 3.21. The summed E-state index contributed by atoms with van der Waals surface area (Å²) < 4.78 is 37.1. The van der Waals surface area contributed by atoms with Crippen molar-refractivity contribution in [3.8, 4) is 5.75 Å². The van der Waals surface area contributed by atoms with E-state index in [1.54, 1.807) is 0 Å². The largest absolute Gasteiger partial charge is 0.507 e. The van der Waals surface area contributed by atoms with Crippen molar-refractivity contribution in [3.05, 3.63) is 42.0 Å². The van der Waals surface area contributed by atoms with Crippen LogP contribution in [0, 0.1) is 0 Å². The molecule has 0 aliphatic rings. The third kappa shape index (κ3) is 1.75. The van der Waals surface area contributed by atoms with Crippen molar-refractivity contribution < 1.29 is 18.3 Å². The van der Waals surface area contributed by atoms with E-state index in [1.807, 2.05) is 0 Å². The van der Waals surface area contributed by atoms with Gasteiger partial charge >= 0.3 is 6.18 Å². The van der Waals surface area contributed by atoms with Gasteiger partial charge in [-0.1, -0.05) is 18.2 Å². The van der Waals surface area contributed by atoms with Gasteiger partial charge in [0.2, 0.25) is 0 Å². The van der Waals surface area contributed by atoms with Gasteiger partial charge in [-0.25, -0.2) is 0 Å². The monoisotopic (exact) mass is 212 g/mol. The first-order chi connectivity index (χ1) is 6.98. The fourth-order valence-corrected chi connectivity index (χ4v) is 1.44. The van der Waals surface area contributed by atoms with E-state index in [1.165, 1.54) is 24.3 Å². The predicted octanol–water partition coefficient (Wildman–Crippen LogP) is 3.56. The Hall–Kier alpha value is -1.71. The summed E-state index contributed by atoms with van der Waals surface area (Å²) in [5.74, 6) is -0.0128. The molecule has 4 heteroatoms. The SMILES string of the molecule is Oc1cccc2cc(C(F)(F)F)ccc12. The normalized spacial score (nSPS) is 11.9. The van der Waals surface area contributed by atoms with Gasteiger partial charge in [-0.15, -0.1) is 0 Å². The fourth-order valence-electron chi connectivity index (χ4n) is 1.44. The van der Waals surface area contributed by atoms with Crippen LogP contribution in [0.3, 0.4) is 0 Å². The molecule has 78 valence electrons. The third-order valence-electron chi connectivity index (χ3n) is 2.18. The number of benzene rings is 2. The molecule has 0 aliphatic heterocycles. The van der Waals surface area contributed by atoms with Crippen LogP contribution < -0.4 is 0 Å². The van der Waals surface area contributed by atoms with Crippen molar-refractivity contribution in [1.29, 1.82) is 0 Å². The number of hydrogen-bond acceptors (Lipinski definition) is 1. The number of hydrogen-bond donors (Lipinski definition) is 1. The maximum Gasteiger partial charge on any atom is 0.416 e. The highest BCUT2D eigenvalue weighted by atomic mass is 19.4. The van der Waals surface area contributed by atoms with Gasteiger partial charge in [-0.3, -0.25) is 0 Å². The van der Waals surface area contributed by atoms with Gasteiger partial charge in [0.25, 0.3) is 0 Å². The Morgan fingerprint density at radius 2 is 1.73 bits per heavy atom. The Kier molecular flexibility index (Phi) is 2.07. The highest BCUT2D eigenvalue weighted by molar-refractivity contribution is 5.88. The number of alkyl halides is 3. The Balaban J connectivity index is 2.68. The minimum absolute atomic E-state index is 0.0128. The Bertz CT molecular complexity index is 503. The van der Waals surface area contributed by atoms with Crippen LogP contribution in [-0.4, -0.2) is 5.11 Å². The lowest BCUT2D eigenvalue weighted by atomic mass is 10.1. The van der Waals surface area contributed by atoms with Crippen molar-refractivity contribution in [3.63, 3.8) is 0 Å². The van der Waals surface area contributed by atoms with Crippen LogP contribution in [0.2, 0.25) is 0 Å². The second kappa shape index (κ2) is 3.15. The molecule has 0 saturated heterocycles. The quantitative estimate of drug-likeness (QED) is 0.707. The summed E-state index contributed by atoms with van der Waals surface area (Å²) in [4.78, 5) is 0. The van der Waals surface area contributed by atoms with E-state index in [4.69, 9.17) is 0 Å². The smallest absolute Gasteiger partial charge is 0.416 e. The van der Waals surface area contributed by atoms with E-state index in [0.29, 0.717) is 10.8 Å². The van der Waals surface area contributed by atoms with Crippen molar-refractivity contribution in [2.45, 2.75) is 6.18 Å². The second-order valence-corrected chi connectivity index (χ2v) is 3.21. The molecular weight excluding hydrogens is 205 g/mol. The van der Waals surface area contributed by atoms with Crippen LogP contribution in [-0.2, 0) is 6.18 Å². The molecule has 0 aromatic heterocycles. The summed E-state index contributed by atoms with van der Waals surface area (Å²) >= 11 is 0. The first-order valence-corrected chi connectivity index (χ1v) is 4.27. The Labute approximate surface area is 83.8 Å². The fraction of sp³-hybridized carbons (Fsp3) is 0.0909. The van der Waals surface area contributed by atoms with Crippen molar-refractivity contribution in [2.24, 2.45) is 0 Å². The average molecular weight is 212 g/mol. The van der Waals surface area contributed by atoms with E-state index in [2.05, 4.69) is 0 Å². The zero-order valence-corrected chi connectivity index (χ0v) is 7.55. The molecule has 0 spiro atoms. The number of halogens is 3. The van der Waals surface area contributed by atoms with Crippen molar-refractivity contribution in [2.75, 3.05) is 0 Å². The van der Waals surface area contributed by atoms with Gasteiger partial charge in [0.05, 0.1) is 5.56 Å². The molecule has 0 amide bonds. The van der Waals surface area contributed by atoms with Crippen LogP contribution in [0.25, 0.3) is 10.8 Å². The molecule has 2 aromatic carbocycles. The first kappa shape index (κ1) is 9.83. The summed E-state index contributed by atoms with van der Waals surface area (Å²) in [6, 6.07) is 7.74. The zero-order valence-electron chi connectivity index (χ0n) is 7.55. The summed E-state index contributed by atoms with van der Waals surface area (Å²) in [7, 11) is 0. The van der Waals surface area contributed by atoms with E-state index in [0.717, 1.165) is 12.1 Å². The molecule has 1 nitrogen and oxygen atoms in total. The average Bonchev–Trinajstić information content (AvgIpc) is 2.16. The van der Waals surface area contributed by atoms with Crippen LogP contribution in [0.15, 0.2) is 36.4 Å². The van der Waals surface area contributed by atoms with Crippen molar-refractivity contribution >= 4 is 10.8 Å². The maximum atomic E-state index is 12.4. The van der Waals surface area contributed by atoms with Gasteiger partial charge in [0.15, 0.2) is 0 Å². The lowest BCUT2D eigenvalue weighted by Crippen LogP contribution is -2.04. The van der Waals surface area contributed by atoms with E-state index in [9.17, 15) is 18.3 Å². The minimum atomic E-state index is -4.35. The summed E-state index contributed by atoms with van der Waals surface area (Å²) in [5.41, 5.74) is -0.708. The number of phenols is 1. The summed E-state index contributed by atoms with van der Waals surface area (Å²) in [6.07, 6.45) is -4.35. The standard InChI is InChI=1S/C11H7F3O/c12-11(13,14)8-4-5-9-7(6-8)2-1-3-10(9)15/h1-6,15H. The van der Waals surface area contributed by atoms with Crippen LogP contribution in [0.1, 0.15) is 5.56 Å². The van der Waals surface area contributed by atoms with E-state index in [-0.39, 0.29) is 5.75 Å². The molecule has 0 radical (unpaired) electrons. The van der Waals surface area contributed by atoms with Crippen molar-refractivity contribution in [1.82, 2.24) is 0 Å². The topological polar surface area (TPSA) is 20.2 Å². The highest BCUT2D eigenvalue weighted by Crippen LogP contribution is 2.33. The molecule has 0 saturated carbocycles. The number of fused-ring (bicyclic) bond motifs is 1. The van der Waals surface area contributed by atoms with E-state index < -0.39 is 11.7 Å². The minimum Gasteiger partial charge on any atom is -0.507 e. The Morgan fingerprint density at radius 3 is 2.40 bits per heavy atom. The first-order valence-electron chi connectivity index (χ1n) is 4.27. The molecule has 0 aliphatic carbocycles. The molecule has 15 heavy (non-hydrogen) atoms. The third-order valence-corrected chi connectivity index (χ3v) is 2.18. The molecule has 2 aromatic rings. The summed E-state index contributed by atoms with van der Waals surface area (Å²) in [5, 5.41) is 10.2. The highest BCUT2D eigenvalue weighted by Gasteiger charge is 2.30. The van der Waals surface area contributed by atoms with Crippen LogP contribution >= 0.6 is 0 Å². The predicted molar refractivity (Wildman–Crippen MR) is 50.6 cm³/mol. The number of aromatic hydroxyl groups is 1. The number of phenolic OH excluding ortho intramolecular Hbond substituents is 1. The zero-order chi connectivity index (χ0) is 11.1. The molecule has 0 bridgehead atoms. The maximum absolute atomic E-state index is 12.4. The number of rotatable bonds is 0. The van der Waals surface area contributed by atoms with Crippen LogP contribution in [0.5, 0.6) is 5.75 Å². The molecule has 0 heterocycles. The van der Waals surface area contributed by atoms with Gasteiger partial charge < -0.3 is 5.11 Å².